The van der Waals surface area contributed by atoms with Gasteiger partial charge in [-0.2, -0.15) is 0 Å². The summed E-state index contributed by atoms with van der Waals surface area (Å²) < 4.78 is 11.0. The lowest BCUT2D eigenvalue weighted by Crippen LogP contribution is -2.39. The average molecular weight is 263 g/mol. The minimum atomic E-state index is -0.106. The fourth-order valence-corrected chi connectivity index (χ4v) is 1.98. The maximum atomic E-state index is 8.99. The van der Waals surface area contributed by atoms with Gasteiger partial charge in [0.2, 0.25) is 0 Å². The Bertz CT molecular complexity index is 545. The number of nitrogens with one attached hydrogen (secondary N) is 1. The van der Waals surface area contributed by atoms with E-state index in [0.717, 1.165) is 22.5 Å². The standard InChI is InChI=1S/C15H21NO3/c1-15(2,6-7-17)16-10-13-9-11-8-12(18-3)4-5-14(11)19-13/h4-5,8-9,16-17H,6-7,10H2,1-3H3. The van der Waals surface area contributed by atoms with Gasteiger partial charge >= 0.3 is 0 Å². The van der Waals surface area contributed by atoms with Crippen LogP contribution in [0.4, 0.5) is 0 Å². The fourth-order valence-electron chi connectivity index (χ4n) is 1.98. The molecule has 0 unspecified atom stereocenters. The van der Waals surface area contributed by atoms with Crippen molar-refractivity contribution in [2.75, 3.05) is 13.7 Å². The van der Waals surface area contributed by atoms with Crippen molar-refractivity contribution in [3.8, 4) is 5.75 Å². The molecule has 4 nitrogen and oxygen atoms in total. The van der Waals surface area contributed by atoms with E-state index in [1.807, 2.05) is 24.3 Å². The van der Waals surface area contributed by atoms with Crippen LogP contribution >= 0.6 is 0 Å². The van der Waals surface area contributed by atoms with E-state index in [1.165, 1.54) is 0 Å². The highest BCUT2D eigenvalue weighted by Crippen LogP contribution is 2.24. The second kappa shape index (κ2) is 5.63. The molecule has 4 heteroatoms. The van der Waals surface area contributed by atoms with Crippen molar-refractivity contribution in [1.29, 1.82) is 0 Å². The summed E-state index contributed by atoms with van der Waals surface area (Å²) in [5.41, 5.74) is 0.753. The highest BCUT2D eigenvalue weighted by molar-refractivity contribution is 5.79. The Hall–Kier alpha value is -1.52. The molecule has 0 saturated carbocycles. The third-order valence-electron chi connectivity index (χ3n) is 3.25. The molecule has 0 fully saturated rings. The molecule has 0 radical (unpaired) electrons. The Morgan fingerprint density at radius 2 is 2.11 bits per heavy atom. The second-order valence-electron chi connectivity index (χ2n) is 5.33. The normalized spacial score (nSPS) is 12.0. The first-order valence-electron chi connectivity index (χ1n) is 6.46. The zero-order valence-corrected chi connectivity index (χ0v) is 11.7. The van der Waals surface area contributed by atoms with Gasteiger partial charge in [-0.25, -0.2) is 0 Å². The van der Waals surface area contributed by atoms with Crippen LogP contribution in [0.5, 0.6) is 5.75 Å². The van der Waals surface area contributed by atoms with Crippen molar-refractivity contribution >= 4 is 11.0 Å². The van der Waals surface area contributed by atoms with Gasteiger partial charge < -0.3 is 19.6 Å². The average Bonchev–Trinajstić information content (AvgIpc) is 2.78. The van der Waals surface area contributed by atoms with Crippen molar-refractivity contribution < 1.29 is 14.3 Å². The van der Waals surface area contributed by atoms with E-state index < -0.39 is 0 Å². The van der Waals surface area contributed by atoms with Crippen LogP contribution < -0.4 is 10.1 Å². The van der Waals surface area contributed by atoms with Gasteiger partial charge in [0.15, 0.2) is 0 Å². The van der Waals surface area contributed by atoms with Crippen molar-refractivity contribution in [2.24, 2.45) is 0 Å². The van der Waals surface area contributed by atoms with Gasteiger partial charge in [-0.05, 0) is 44.5 Å². The van der Waals surface area contributed by atoms with Gasteiger partial charge in [0.25, 0.3) is 0 Å². The molecule has 0 aliphatic heterocycles. The summed E-state index contributed by atoms with van der Waals surface area (Å²) in [6.45, 7) is 4.95. The van der Waals surface area contributed by atoms with E-state index in [1.54, 1.807) is 7.11 Å². The number of rotatable bonds is 6. The lowest BCUT2D eigenvalue weighted by molar-refractivity contribution is 0.227. The van der Waals surface area contributed by atoms with Crippen LogP contribution in [-0.2, 0) is 6.54 Å². The number of furan rings is 1. The molecular formula is C15H21NO3. The SMILES string of the molecule is COc1ccc2oc(CNC(C)(C)CCO)cc2c1. The van der Waals surface area contributed by atoms with Gasteiger partial charge in [-0.1, -0.05) is 0 Å². The minimum absolute atomic E-state index is 0.106. The summed E-state index contributed by atoms with van der Waals surface area (Å²) in [5.74, 6) is 1.71. The topological polar surface area (TPSA) is 54.6 Å². The number of benzene rings is 1. The van der Waals surface area contributed by atoms with E-state index in [4.69, 9.17) is 14.3 Å². The third-order valence-corrected chi connectivity index (χ3v) is 3.25. The molecule has 0 bridgehead atoms. The van der Waals surface area contributed by atoms with E-state index in [2.05, 4.69) is 19.2 Å². The van der Waals surface area contributed by atoms with E-state index >= 15 is 0 Å². The predicted octanol–water partition coefficient (Wildman–Crippen LogP) is 2.69. The molecule has 1 aromatic heterocycles. The van der Waals surface area contributed by atoms with Crippen LogP contribution in [0.2, 0.25) is 0 Å². The van der Waals surface area contributed by atoms with Gasteiger partial charge in [0.1, 0.15) is 17.1 Å². The molecule has 0 saturated heterocycles. The largest absolute Gasteiger partial charge is 0.497 e. The first-order chi connectivity index (χ1) is 9.04. The van der Waals surface area contributed by atoms with Crippen molar-refractivity contribution in [3.05, 3.63) is 30.0 Å². The molecule has 2 rings (SSSR count). The maximum absolute atomic E-state index is 8.99. The van der Waals surface area contributed by atoms with Gasteiger partial charge in [0.05, 0.1) is 13.7 Å². The molecule has 0 aliphatic carbocycles. The lowest BCUT2D eigenvalue weighted by Gasteiger charge is -2.24. The highest BCUT2D eigenvalue weighted by atomic mass is 16.5. The summed E-state index contributed by atoms with van der Waals surface area (Å²) in [7, 11) is 1.65. The van der Waals surface area contributed by atoms with Crippen LogP contribution in [0.15, 0.2) is 28.7 Å². The van der Waals surface area contributed by atoms with Crippen LogP contribution in [-0.4, -0.2) is 24.4 Å². The zero-order chi connectivity index (χ0) is 13.9. The predicted molar refractivity (Wildman–Crippen MR) is 75.4 cm³/mol. The van der Waals surface area contributed by atoms with Crippen molar-refractivity contribution in [2.45, 2.75) is 32.4 Å². The Balaban J connectivity index is 2.09. The zero-order valence-electron chi connectivity index (χ0n) is 11.7. The monoisotopic (exact) mass is 263 g/mol. The smallest absolute Gasteiger partial charge is 0.134 e. The van der Waals surface area contributed by atoms with Gasteiger partial charge in [-0.15, -0.1) is 0 Å². The quantitative estimate of drug-likeness (QED) is 0.841. The van der Waals surface area contributed by atoms with Gasteiger partial charge in [-0.3, -0.25) is 0 Å². The van der Waals surface area contributed by atoms with Crippen LogP contribution in [0.1, 0.15) is 26.0 Å². The second-order valence-corrected chi connectivity index (χ2v) is 5.33. The molecule has 0 spiro atoms. The molecule has 104 valence electrons. The highest BCUT2D eigenvalue weighted by Gasteiger charge is 2.16. The van der Waals surface area contributed by atoms with Crippen LogP contribution in [0.25, 0.3) is 11.0 Å². The Morgan fingerprint density at radius 1 is 1.32 bits per heavy atom. The Labute approximate surface area is 113 Å². The number of aliphatic hydroxyl groups is 1. The Morgan fingerprint density at radius 3 is 2.79 bits per heavy atom. The van der Waals surface area contributed by atoms with E-state index in [-0.39, 0.29) is 12.1 Å². The van der Waals surface area contributed by atoms with Crippen molar-refractivity contribution in [1.82, 2.24) is 5.32 Å². The Kier molecular flexibility index (Phi) is 4.12. The van der Waals surface area contributed by atoms with E-state index in [9.17, 15) is 0 Å². The molecule has 0 aliphatic rings. The van der Waals surface area contributed by atoms with Crippen molar-refractivity contribution in [3.63, 3.8) is 0 Å². The van der Waals surface area contributed by atoms with Gasteiger partial charge in [0, 0.05) is 17.5 Å². The minimum Gasteiger partial charge on any atom is -0.497 e. The summed E-state index contributed by atoms with van der Waals surface area (Å²) in [6.07, 6.45) is 0.709. The number of fused-ring (bicyclic) bond motifs is 1. The maximum Gasteiger partial charge on any atom is 0.134 e. The first kappa shape index (κ1) is 13.9. The number of aliphatic hydroxyl groups excluding tert-OH is 1. The van der Waals surface area contributed by atoms with Crippen LogP contribution in [0.3, 0.4) is 0 Å². The lowest BCUT2D eigenvalue weighted by atomic mass is 10.0. The number of methoxy groups -OCH3 is 1. The molecule has 0 atom stereocenters. The third kappa shape index (κ3) is 3.49. The molecule has 1 heterocycles. The fraction of sp³-hybridized carbons (Fsp3) is 0.467. The molecule has 19 heavy (non-hydrogen) atoms. The number of hydrogen-bond acceptors (Lipinski definition) is 4. The molecular weight excluding hydrogens is 242 g/mol. The summed E-state index contributed by atoms with van der Waals surface area (Å²) in [4.78, 5) is 0. The number of hydrogen-bond donors (Lipinski definition) is 2. The van der Waals surface area contributed by atoms with E-state index in [0.29, 0.717) is 13.0 Å². The summed E-state index contributed by atoms with van der Waals surface area (Å²) in [5, 5.41) is 13.4. The first-order valence-corrected chi connectivity index (χ1v) is 6.46. The molecule has 2 aromatic rings. The summed E-state index contributed by atoms with van der Waals surface area (Å²) >= 11 is 0. The molecule has 2 N–H and O–H groups in total. The number of ether oxygens (including phenoxy) is 1. The van der Waals surface area contributed by atoms with Crippen LogP contribution in [0, 0.1) is 0 Å². The summed E-state index contributed by atoms with van der Waals surface area (Å²) in [6, 6.07) is 7.77. The molecule has 0 amide bonds. The molecule has 1 aromatic carbocycles.